The third-order valence-electron chi connectivity index (χ3n) is 3.62. The molecule has 0 bridgehead atoms. The zero-order valence-electron chi connectivity index (χ0n) is 9.30. The first kappa shape index (κ1) is 9.72. The molecule has 0 fully saturated rings. The van der Waals surface area contributed by atoms with Gasteiger partial charge in [0, 0.05) is 5.54 Å². The minimum Gasteiger partial charge on any atom is -0.324 e. The molecule has 1 aliphatic rings. The zero-order valence-corrected chi connectivity index (χ0v) is 9.30. The molecule has 0 radical (unpaired) electrons. The number of nitrogens with two attached hydrogens (primary N) is 1. The van der Waals surface area contributed by atoms with Crippen molar-refractivity contribution in [3.05, 3.63) is 35.4 Å². The second-order valence-electron chi connectivity index (χ2n) is 5.53. The fraction of sp³-hybridized carbons (Fsp3) is 0.538. The van der Waals surface area contributed by atoms with Gasteiger partial charge in [-0.15, -0.1) is 0 Å². The van der Waals surface area contributed by atoms with Crippen LogP contribution in [0, 0.1) is 5.41 Å². The van der Waals surface area contributed by atoms with Gasteiger partial charge in [0.05, 0.1) is 0 Å². The number of fused-ring (bicyclic) bond motifs is 1. The Labute approximate surface area is 86.3 Å². The van der Waals surface area contributed by atoms with E-state index in [4.69, 9.17) is 5.73 Å². The molecule has 2 rings (SSSR count). The van der Waals surface area contributed by atoms with Gasteiger partial charge in [-0.05, 0) is 29.4 Å². The lowest BCUT2D eigenvalue weighted by Crippen LogP contribution is -2.52. The van der Waals surface area contributed by atoms with Crippen molar-refractivity contribution in [3.63, 3.8) is 0 Å². The van der Waals surface area contributed by atoms with E-state index in [0.29, 0.717) is 0 Å². The molecule has 0 amide bonds. The largest absolute Gasteiger partial charge is 0.324 e. The van der Waals surface area contributed by atoms with Crippen molar-refractivity contribution < 1.29 is 0 Å². The Morgan fingerprint density at radius 1 is 1.07 bits per heavy atom. The second-order valence-corrected chi connectivity index (χ2v) is 5.53. The summed E-state index contributed by atoms with van der Waals surface area (Å²) in [4.78, 5) is 0. The average molecular weight is 189 g/mol. The first-order valence-electron chi connectivity index (χ1n) is 5.28. The van der Waals surface area contributed by atoms with Gasteiger partial charge in [-0.1, -0.05) is 45.0 Å². The Balaban J connectivity index is 2.35. The molecule has 0 saturated carbocycles. The highest BCUT2D eigenvalue weighted by atomic mass is 14.8. The van der Waals surface area contributed by atoms with E-state index in [9.17, 15) is 0 Å². The topological polar surface area (TPSA) is 26.0 Å². The highest BCUT2D eigenvalue weighted by Crippen LogP contribution is 2.39. The molecule has 1 aromatic carbocycles. The molecule has 14 heavy (non-hydrogen) atoms. The fourth-order valence-electron chi connectivity index (χ4n) is 2.17. The molecule has 0 atom stereocenters. The van der Waals surface area contributed by atoms with Gasteiger partial charge in [-0.2, -0.15) is 0 Å². The van der Waals surface area contributed by atoms with Crippen LogP contribution in [0.2, 0.25) is 0 Å². The van der Waals surface area contributed by atoms with Crippen LogP contribution >= 0.6 is 0 Å². The maximum Gasteiger partial charge on any atom is 0.0285 e. The number of hydrogen-bond donors (Lipinski definition) is 1. The Morgan fingerprint density at radius 3 is 1.86 bits per heavy atom. The third kappa shape index (κ3) is 1.36. The summed E-state index contributed by atoms with van der Waals surface area (Å²) >= 11 is 0. The van der Waals surface area contributed by atoms with Crippen LogP contribution in [-0.2, 0) is 12.8 Å². The zero-order chi connectivity index (χ0) is 10.4. The van der Waals surface area contributed by atoms with Crippen molar-refractivity contribution in [1.82, 2.24) is 0 Å². The molecule has 0 heterocycles. The predicted molar refractivity (Wildman–Crippen MR) is 60.2 cm³/mol. The number of hydrogen-bond acceptors (Lipinski definition) is 1. The second kappa shape index (κ2) is 2.83. The summed E-state index contributed by atoms with van der Waals surface area (Å²) < 4.78 is 0. The summed E-state index contributed by atoms with van der Waals surface area (Å²) in [6.45, 7) is 6.70. The maximum atomic E-state index is 6.49. The molecule has 1 aliphatic carbocycles. The van der Waals surface area contributed by atoms with Crippen molar-refractivity contribution in [2.24, 2.45) is 11.1 Å². The standard InChI is InChI=1S/C13H19N/c1-12(2,3)13(14)8-10-6-4-5-7-11(10)9-13/h4-7H,8-9,14H2,1-3H3. The van der Waals surface area contributed by atoms with Crippen molar-refractivity contribution in [2.75, 3.05) is 0 Å². The Hall–Kier alpha value is -0.820. The van der Waals surface area contributed by atoms with Crippen LogP contribution in [-0.4, -0.2) is 5.54 Å². The van der Waals surface area contributed by atoms with Gasteiger partial charge < -0.3 is 5.73 Å². The molecule has 1 heteroatoms. The van der Waals surface area contributed by atoms with Crippen LogP contribution in [0.4, 0.5) is 0 Å². The first-order chi connectivity index (χ1) is 6.42. The minimum absolute atomic E-state index is 0.0588. The molecule has 0 unspecified atom stereocenters. The predicted octanol–water partition coefficient (Wildman–Crippen LogP) is 2.53. The van der Waals surface area contributed by atoms with E-state index in [1.807, 2.05) is 0 Å². The van der Waals surface area contributed by atoms with E-state index in [0.717, 1.165) is 12.8 Å². The van der Waals surface area contributed by atoms with Crippen molar-refractivity contribution in [2.45, 2.75) is 39.2 Å². The van der Waals surface area contributed by atoms with E-state index in [1.165, 1.54) is 11.1 Å². The van der Waals surface area contributed by atoms with Crippen molar-refractivity contribution in [3.8, 4) is 0 Å². The van der Waals surface area contributed by atoms with Gasteiger partial charge in [-0.25, -0.2) is 0 Å². The minimum atomic E-state index is -0.0588. The smallest absolute Gasteiger partial charge is 0.0285 e. The molecule has 76 valence electrons. The Bertz CT molecular complexity index is 321. The van der Waals surface area contributed by atoms with Crippen LogP contribution in [0.15, 0.2) is 24.3 Å². The normalized spacial score (nSPS) is 19.4. The molecule has 0 aliphatic heterocycles. The van der Waals surface area contributed by atoms with Gasteiger partial charge >= 0.3 is 0 Å². The van der Waals surface area contributed by atoms with E-state index in [2.05, 4.69) is 45.0 Å². The number of benzene rings is 1. The van der Waals surface area contributed by atoms with Crippen molar-refractivity contribution in [1.29, 1.82) is 0 Å². The first-order valence-corrected chi connectivity index (χ1v) is 5.28. The Kier molecular flexibility index (Phi) is 1.97. The van der Waals surface area contributed by atoms with Crippen LogP contribution in [0.3, 0.4) is 0 Å². The van der Waals surface area contributed by atoms with E-state index < -0.39 is 0 Å². The SMILES string of the molecule is CC(C)(C)C1(N)Cc2ccccc2C1. The van der Waals surface area contributed by atoms with Crippen LogP contribution < -0.4 is 5.73 Å². The highest BCUT2D eigenvalue weighted by molar-refractivity contribution is 5.37. The summed E-state index contributed by atoms with van der Waals surface area (Å²) in [5.74, 6) is 0. The molecule has 0 aromatic heterocycles. The average Bonchev–Trinajstić information content (AvgIpc) is 2.40. The maximum absolute atomic E-state index is 6.49. The van der Waals surface area contributed by atoms with Crippen molar-refractivity contribution >= 4 is 0 Å². The summed E-state index contributed by atoms with van der Waals surface area (Å²) in [6.07, 6.45) is 2.04. The molecule has 0 saturated heterocycles. The van der Waals surface area contributed by atoms with Gasteiger partial charge in [0.1, 0.15) is 0 Å². The van der Waals surface area contributed by atoms with E-state index in [1.54, 1.807) is 0 Å². The summed E-state index contributed by atoms with van der Waals surface area (Å²) in [7, 11) is 0. The van der Waals surface area contributed by atoms with Gasteiger partial charge in [0.15, 0.2) is 0 Å². The molecule has 1 aromatic rings. The van der Waals surface area contributed by atoms with E-state index in [-0.39, 0.29) is 11.0 Å². The summed E-state index contributed by atoms with van der Waals surface area (Å²) in [5, 5.41) is 0. The van der Waals surface area contributed by atoms with Gasteiger partial charge in [0.25, 0.3) is 0 Å². The Morgan fingerprint density at radius 2 is 1.50 bits per heavy atom. The highest BCUT2D eigenvalue weighted by Gasteiger charge is 2.42. The molecule has 2 N–H and O–H groups in total. The summed E-state index contributed by atoms with van der Waals surface area (Å²) in [5.41, 5.74) is 9.47. The van der Waals surface area contributed by atoms with Crippen LogP contribution in [0.1, 0.15) is 31.9 Å². The molecule has 1 nitrogen and oxygen atoms in total. The molecular formula is C13H19N. The van der Waals surface area contributed by atoms with Gasteiger partial charge in [0.2, 0.25) is 0 Å². The lowest BCUT2D eigenvalue weighted by molar-refractivity contribution is 0.198. The van der Waals surface area contributed by atoms with Gasteiger partial charge in [-0.3, -0.25) is 0 Å². The monoisotopic (exact) mass is 189 g/mol. The van der Waals surface area contributed by atoms with Crippen LogP contribution in [0.25, 0.3) is 0 Å². The molecular weight excluding hydrogens is 170 g/mol. The fourth-order valence-corrected chi connectivity index (χ4v) is 2.17. The lowest BCUT2D eigenvalue weighted by atomic mass is 9.72. The summed E-state index contributed by atoms with van der Waals surface area (Å²) in [6, 6.07) is 8.62. The van der Waals surface area contributed by atoms with Crippen LogP contribution in [0.5, 0.6) is 0 Å². The number of rotatable bonds is 0. The third-order valence-corrected chi connectivity index (χ3v) is 3.62. The molecule has 0 spiro atoms. The lowest BCUT2D eigenvalue weighted by Gasteiger charge is -2.38. The quantitative estimate of drug-likeness (QED) is 0.667. The van der Waals surface area contributed by atoms with E-state index >= 15 is 0 Å².